The maximum absolute atomic E-state index is 11.1. The lowest BCUT2D eigenvalue weighted by atomic mass is 9.73. The normalized spacial score (nSPS) is 26.2. The fourth-order valence-corrected chi connectivity index (χ4v) is 2.98. The number of hydrogen-bond acceptors (Lipinski definition) is 5. The van der Waals surface area contributed by atoms with E-state index >= 15 is 0 Å². The Morgan fingerprint density at radius 1 is 1.55 bits per heavy atom. The number of aryl methyl sites for hydroxylation is 1. The molecule has 2 unspecified atom stereocenters. The summed E-state index contributed by atoms with van der Waals surface area (Å²) >= 11 is 0. The van der Waals surface area contributed by atoms with Crippen LogP contribution in [0.25, 0.3) is 0 Å². The highest BCUT2D eigenvalue weighted by molar-refractivity contribution is 5.57. The van der Waals surface area contributed by atoms with Crippen molar-refractivity contribution in [1.82, 2.24) is 4.98 Å². The topological polar surface area (TPSA) is 94.1 Å². The number of nitro groups is 1. The van der Waals surface area contributed by atoms with E-state index < -0.39 is 4.92 Å². The summed E-state index contributed by atoms with van der Waals surface area (Å²) in [7, 11) is 0. The molecular formula is C14H22N4O2. The highest BCUT2D eigenvalue weighted by Crippen LogP contribution is 2.37. The molecule has 6 heteroatoms. The Morgan fingerprint density at radius 3 is 2.90 bits per heavy atom. The molecule has 6 nitrogen and oxygen atoms in total. The fourth-order valence-electron chi connectivity index (χ4n) is 2.98. The molecule has 1 fully saturated rings. The Hall–Kier alpha value is -1.69. The zero-order chi connectivity index (χ0) is 14.8. The van der Waals surface area contributed by atoms with Gasteiger partial charge in [0.15, 0.2) is 0 Å². The molecule has 1 aliphatic rings. The molecule has 0 spiro atoms. The van der Waals surface area contributed by atoms with E-state index in [-0.39, 0.29) is 11.2 Å². The van der Waals surface area contributed by atoms with Crippen LogP contribution in [0.15, 0.2) is 12.1 Å². The van der Waals surface area contributed by atoms with Crippen LogP contribution in [0.1, 0.15) is 38.3 Å². The van der Waals surface area contributed by atoms with Gasteiger partial charge in [-0.15, -0.1) is 0 Å². The van der Waals surface area contributed by atoms with E-state index in [4.69, 9.17) is 5.73 Å². The van der Waals surface area contributed by atoms with Crippen LogP contribution >= 0.6 is 0 Å². The molecule has 1 aliphatic carbocycles. The molecule has 110 valence electrons. The van der Waals surface area contributed by atoms with E-state index in [2.05, 4.69) is 17.2 Å². The van der Waals surface area contributed by atoms with Crippen molar-refractivity contribution < 1.29 is 4.92 Å². The smallest absolute Gasteiger partial charge is 0.311 e. The van der Waals surface area contributed by atoms with E-state index in [1.165, 1.54) is 12.5 Å². The van der Waals surface area contributed by atoms with Crippen molar-refractivity contribution in [3.05, 3.63) is 27.9 Å². The van der Waals surface area contributed by atoms with Crippen molar-refractivity contribution in [1.29, 1.82) is 0 Å². The van der Waals surface area contributed by atoms with Gasteiger partial charge in [0.1, 0.15) is 0 Å². The summed E-state index contributed by atoms with van der Waals surface area (Å²) < 4.78 is 0. The van der Waals surface area contributed by atoms with Crippen molar-refractivity contribution in [3.8, 4) is 0 Å². The lowest BCUT2D eigenvalue weighted by molar-refractivity contribution is -0.384. The van der Waals surface area contributed by atoms with E-state index in [0.717, 1.165) is 25.0 Å². The second kappa shape index (κ2) is 5.75. The third-order valence-electron chi connectivity index (χ3n) is 4.39. The number of anilines is 1. The quantitative estimate of drug-likeness (QED) is 0.652. The summed E-state index contributed by atoms with van der Waals surface area (Å²) in [4.78, 5) is 15.1. The monoisotopic (exact) mass is 278 g/mol. The number of nitrogens with one attached hydrogen (secondary N) is 1. The van der Waals surface area contributed by atoms with Gasteiger partial charge in [-0.25, -0.2) is 4.98 Å². The van der Waals surface area contributed by atoms with E-state index in [9.17, 15) is 10.1 Å². The second-order valence-corrected chi connectivity index (χ2v) is 5.71. The minimum atomic E-state index is -0.396. The highest BCUT2D eigenvalue weighted by Gasteiger charge is 2.38. The third-order valence-corrected chi connectivity index (χ3v) is 4.39. The van der Waals surface area contributed by atoms with Gasteiger partial charge in [-0.1, -0.05) is 19.8 Å². The molecule has 1 aromatic rings. The third kappa shape index (κ3) is 2.75. The van der Waals surface area contributed by atoms with Gasteiger partial charge in [0, 0.05) is 18.3 Å². The predicted octanol–water partition coefficient (Wildman–Crippen LogP) is 2.62. The van der Waals surface area contributed by atoms with Crippen LogP contribution in [0.4, 0.5) is 11.5 Å². The number of rotatable bonds is 4. The van der Waals surface area contributed by atoms with Crippen LogP contribution in [0.2, 0.25) is 0 Å². The Bertz CT molecular complexity index is 506. The molecule has 3 N–H and O–H groups in total. The molecule has 20 heavy (non-hydrogen) atoms. The van der Waals surface area contributed by atoms with Crippen LogP contribution < -0.4 is 11.1 Å². The number of hydrogen-bond donors (Lipinski definition) is 2. The molecule has 0 radical (unpaired) electrons. The van der Waals surface area contributed by atoms with E-state index in [1.807, 2.05) is 6.92 Å². The summed E-state index contributed by atoms with van der Waals surface area (Å²) in [6.07, 6.45) is 4.29. The lowest BCUT2D eigenvalue weighted by Crippen LogP contribution is -2.52. The summed E-state index contributed by atoms with van der Waals surface area (Å²) in [5.74, 6) is 0.720. The summed E-state index contributed by atoms with van der Waals surface area (Å²) in [6, 6.07) is 3.16. The van der Waals surface area contributed by atoms with Gasteiger partial charge in [0.05, 0.1) is 10.5 Å². The van der Waals surface area contributed by atoms with Gasteiger partial charge in [-0.3, -0.25) is 10.1 Å². The second-order valence-electron chi connectivity index (χ2n) is 5.71. The average Bonchev–Trinajstić information content (AvgIpc) is 2.41. The van der Waals surface area contributed by atoms with Crippen molar-refractivity contribution in [2.24, 2.45) is 11.7 Å². The summed E-state index contributed by atoms with van der Waals surface area (Å²) in [5.41, 5.74) is 6.47. The van der Waals surface area contributed by atoms with Crippen LogP contribution in [0, 0.1) is 23.0 Å². The molecule has 2 atom stereocenters. The maximum atomic E-state index is 11.1. The molecule has 0 aromatic carbocycles. The van der Waals surface area contributed by atoms with Crippen LogP contribution in [0.5, 0.6) is 0 Å². The molecule has 0 aliphatic heterocycles. The molecule has 1 aromatic heterocycles. The lowest BCUT2D eigenvalue weighted by Gasteiger charge is -2.42. The highest BCUT2D eigenvalue weighted by atomic mass is 16.6. The number of nitrogens with two attached hydrogens (primary N) is 1. The summed E-state index contributed by atoms with van der Waals surface area (Å²) in [5, 5.41) is 14.5. The fraction of sp³-hybridized carbons (Fsp3) is 0.643. The van der Waals surface area contributed by atoms with Gasteiger partial charge in [0.2, 0.25) is 5.82 Å². The molecular weight excluding hydrogens is 256 g/mol. The molecule has 0 bridgehead atoms. The van der Waals surface area contributed by atoms with E-state index in [0.29, 0.717) is 18.3 Å². The maximum Gasteiger partial charge on any atom is 0.311 e. The number of aromatic nitrogens is 1. The van der Waals surface area contributed by atoms with E-state index in [1.54, 1.807) is 6.07 Å². The van der Waals surface area contributed by atoms with Crippen molar-refractivity contribution in [2.75, 3.05) is 11.9 Å². The SMILES string of the molecule is Cc1ccc([N+](=O)[O-])c(NC2(CN)CCCCC2C)n1. The minimum Gasteiger partial charge on any atom is -0.357 e. The first-order valence-electron chi connectivity index (χ1n) is 7.09. The van der Waals surface area contributed by atoms with Crippen LogP contribution in [-0.2, 0) is 0 Å². The standard InChI is InChI=1S/C14H22N4O2/c1-10-5-3-4-8-14(10,9-15)17-13-12(18(19)20)7-6-11(2)16-13/h6-7,10H,3-5,8-9,15H2,1-2H3,(H,16,17). The first kappa shape index (κ1) is 14.7. The van der Waals surface area contributed by atoms with Crippen molar-refractivity contribution in [3.63, 3.8) is 0 Å². The van der Waals surface area contributed by atoms with Gasteiger partial charge in [-0.2, -0.15) is 0 Å². The Morgan fingerprint density at radius 2 is 2.30 bits per heavy atom. The first-order valence-corrected chi connectivity index (χ1v) is 7.09. The molecule has 1 heterocycles. The predicted molar refractivity (Wildman–Crippen MR) is 78.7 cm³/mol. The summed E-state index contributed by atoms with van der Waals surface area (Å²) in [6.45, 7) is 4.44. The molecule has 2 rings (SSSR count). The van der Waals surface area contributed by atoms with Crippen LogP contribution in [-0.4, -0.2) is 22.0 Å². The Labute approximate surface area is 118 Å². The largest absolute Gasteiger partial charge is 0.357 e. The number of nitrogens with zero attached hydrogens (tertiary/aromatic N) is 2. The van der Waals surface area contributed by atoms with Gasteiger partial charge < -0.3 is 11.1 Å². The first-order chi connectivity index (χ1) is 9.48. The number of pyridine rings is 1. The van der Waals surface area contributed by atoms with Crippen molar-refractivity contribution in [2.45, 2.75) is 45.1 Å². The van der Waals surface area contributed by atoms with Gasteiger partial charge in [0.25, 0.3) is 0 Å². The average molecular weight is 278 g/mol. The molecule has 0 amide bonds. The zero-order valence-electron chi connectivity index (χ0n) is 12.1. The van der Waals surface area contributed by atoms with Crippen molar-refractivity contribution >= 4 is 11.5 Å². The van der Waals surface area contributed by atoms with Gasteiger partial charge >= 0.3 is 5.69 Å². The van der Waals surface area contributed by atoms with Gasteiger partial charge in [-0.05, 0) is 31.7 Å². The van der Waals surface area contributed by atoms with Crippen LogP contribution in [0.3, 0.4) is 0 Å². The minimum absolute atomic E-state index is 0.0150. The zero-order valence-corrected chi connectivity index (χ0v) is 12.1. The molecule has 0 saturated heterocycles. The molecule has 1 saturated carbocycles. The Kier molecular flexibility index (Phi) is 4.23. The Balaban J connectivity index is 2.36.